The highest BCUT2D eigenvalue weighted by atomic mass is 16.6. The van der Waals surface area contributed by atoms with E-state index in [1.807, 2.05) is 24.3 Å². The first-order valence-electron chi connectivity index (χ1n) is 7.97. The highest BCUT2D eigenvalue weighted by molar-refractivity contribution is 5.94. The molecule has 130 valence electrons. The van der Waals surface area contributed by atoms with Gasteiger partial charge in [-0.1, -0.05) is 18.2 Å². The third kappa shape index (κ3) is 4.27. The van der Waals surface area contributed by atoms with Gasteiger partial charge in [0, 0.05) is 30.1 Å². The number of rotatable bonds is 6. The highest BCUT2D eigenvalue weighted by Gasteiger charge is 2.19. The van der Waals surface area contributed by atoms with Gasteiger partial charge in [-0.3, -0.25) is 24.9 Å². The van der Waals surface area contributed by atoms with Gasteiger partial charge in [-0.25, -0.2) is 0 Å². The molecule has 0 atom stereocenters. The van der Waals surface area contributed by atoms with Crippen LogP contribution < -0.4 is 0 Å². The minimum absolute atomic E-state index is 0.119. The molecule has 26 heavy (non-hydrogen) atoms. The van der Waals surface area contributed by atoms with Crippen LogP contribution in [0.3, 0.4) is 0 Å². The maximum absolute atomic E-state index is 13.0. The predicted molar refractivity (Wildman–Crippen MR) is 95.1 cm³/mol. The van der Waals surface area contributed by atoms with Crippen LogP contribution in [-0.4, -0.2) is 25.7 Å². The average Bonchev–Trinajstić information content (AvgIpc) is 2.68. The molecule has 3 rings (SSSR count). The monoisotopic (exact) mass is 348 g/mol. The number of aromatic nitrogens is 2. The number of nitro benzene ring substituents is 1. The molecule has 7 nitrogen and oxygen atoms in total. The smallest absolute Gasteiger partial charge is 0.270 e. The largest absolute Gasteiger partial charge is 0.327 e. The molecule has 7 heteroatoms. The Hall–Kier alpha value is -3.61. The molecule has 1 aromatic carbocycles. The maximum Gasteiger partial charge on any atom is 0.270 e. The van der Waals surface area contributed by atoms with Crippen LogP contribution in [0.4, 0.5) is 5.69 Å². The summed E-state index contributed by atoms with van der Waals surface area (Å²) < 4.78 is 0. The Morgan fingerprint density at radius 1 is 0.923 bits per heavy atom. The number of amides is 1. The zero-order valence-corrected chi connectivity index (χ0v) is 13.9. The van der Waals surface area contributed by atoms with Crippen molar-refractivity contribution in [3.05, 3.63) is 100 Å². The van der Waals surface area contributed by atoms with Crippen LogP contribution in [0.5, 0.6) is 0 Å². The molecule has 0 fully saturated rings. The van der Waals surface area contributed by atoms with Crippen molar-refractivity contribution in [1.82, 2.24) is 14.9 Å². The molecule has 0 spiro atoms. The molecular weight excluding hydrogens is 332 g/mol. The summed E-state index contributed by atoms with van der Waals surface area (Å²) in [7, 11) is 0. The fraction of sp³-hybridized carbons (Fsp3) is 0.105. The molecule has 0 saturated carbocycles. The topological polar surface area (TPSA) is 89.2 Å². The van der Waals surface area contributed by atoms with Crippen LogP contribution in [0.2, 0.25) is 0 Å². The Bertz CT molecular complexity index is 859. The number of benzene rings is 1. The number of pyridine rings is 2. The van der Waals surface area contributed by atoms with Crippen LogP contribution in [0, 0.1) is 10.1 Å². The van der Waals surface area contributed by atoms with E-state index in [-0.39, 0.29) is 30.2 Å². The summed E-state index contributed by atoms with van der Waals surface area (Å²) in [4.78, 5) is 33.5. The van der Waals surface area contributed by atoms with E-state index in [0.29, 0.717) is 0 Å². The average molecular weight is 348 g/mol. The molecule has 0 N–H and O–H groups in total. The first-order chi connectivity index (χ1) is 12.6. The lowest BCUT2D eigenvalue weighted by molar-refractivity contribution is -0.384. The lowest BCUT2D eigenvalue weighted by Gasteiger charge is -2.22. The molecule has 0 unspecified atom stereocenters. The molecule has 2 aromatic heterocycles. The second-order valence-corrected chi connectivity index (χ2v) is 5.61. The third-order valence-corrected chi connectivity index (χ3v) is 3.75. The first kappa shape index (κ1) is 17.2. The molecule has 1 amide bonds. The van der Waals surface area contributed by atoms with Gasteiger partial charge in [-0.15, -0.1) is 0 Å². The van der Waals surface area contributed by atoms with E-state index in [4.69, 9.17) is 0 Å². The van der Waals surface area contributed by atoms with Crippen molar-refractivity contribution in [2.75, 3.05) is 0 Å². The molecule has 0 radical (unpaired) electrons. The Kier molecular flexibility index (Phi) is 5.28. The van der Waals surface area contributed by atoms with E-state index in [0.717, 1.165) is 11.4 Å². The Labute approximate surface area is 150 Å². The maximum atomic E-state index is 13.0. The van der Waals surface area contributed by atoms with E-state index >= 15 is 0 Å². The Balaban J connectivity index is 1.89. The Morgan fingerprint density at radius 3 is 2.04 bits per heavy atom. The zero-order valence-electron chi connectivity index (χ0n) is 13.9. The van der Waals surface area contributed by atoms with Crippen molar-refractivity contribution in [2.45, 2.75) is 13.1 Å². The van der Waals surface area contributed by atoms with Gasteiger partial charge in [0.2, 0.25) is 0 Å². The van der Waals surface area contributed by atoms with Gasteiger partial charge in [-0.05, 0) is 30.3 Å². The predicted octanol–water partition coefficient (Wildman–Crippen LogP) is 3.23. The van der Waals surface area contributed by atoms with Gasteiger partial charge in [0.1, 0.15) is 0 Å². The minimum Gasteiger partial charge on any atom is -0.327 e. The summed E-state index contributed by atoms with van der Waals surface area (Å²) in [6.07, 6.45) is 3.32. The third-order valence-electron chi connectivity index (χ3n) is 3.75. The van der Waals surface area contributed by atoms with Gasteiger partial charge >= 0.3 is 0 Å². The number of hydrogen-bond donors (Lipinski definition) is 0. The van der Waals surface area contributed by atoms with Crippen LogP contribution in [0.1, 0.15) is 21.7 Å². The summed E-state index contributed by atoms with van der Waals surface area (Å²) in [5.74, 6) is -0.315. The number of carbonyl (C=O) groups is 1. The van der Waals surface area contributed by atoms with E-state index in [2.05, 4.69) is 9.97 Å². The molecule has 2 heterocycles. The van der Waals surface area contributed by atoms with Gasteiger partial charge in [0.15, 0.2) is 0 Å². The van der Waals surface area contributed by atoms with Gasteiger partial charge in [-0.2, -0.15) is 0 Å². The SMILES string of the molecule is O=C(c1cccc([N+](=O)[O-])c1)N(Cc1ccccn1)Cc1ccccn1. The summed E-state index contributed by atoms with van der Waals surface area (Å²) in [5.41, 5.74) is 1.59. The quantitative estimate of drug-likeness (QED) is 0.504. The van der Waals surface area contributed by atoms with Gasteiger partial charge in [0.05, 0.1) is 29.4 Å². The second kappa shape index (κ2) is 7.98. The van der Waals surface area contributed by atoms with E-state index < -0.39 is 4.92 Å². The van der Waals surface area contributed by atoms with Crippen molar-refractivity contribution in [2.24, 2.45) is 0 Å². The van der Waals surface area contributed by atoms with E-state index in [1.165, 1.54) is 18.2 Å². The van der Waals surface area contributed by atoms with Crippen LogP contribution >= 0.6 is 0 Å². The molecular formula is C19H16N4O3. The zero-order chi connectivity index (χ0) is 18.4. The lowest BCUT2D eigenvalue weighted by Crippen LogP contribution is -2.30. The van der Waals surface area contributed by atoms with Crippen molar-refractivity contribution in [1.29, 1.82) is 0 Å². The summed E-state index contributed by atoms with van der Waals surface area (Å²) in [5, 5.41) is 11.0. The normalized spacial score (nSPS) is 10.3. The van der Waals surface area contributed by atoms with Gasteiger partial charge in [0.25, 0.3) is 11.6 Å². The van der Waals surface area contributed by atoms with Crippen molar-refractivity contribution < 1.29 is 9.72 Å². The Morgan fingerprint density at radius 2 is 1.54 bits per heavy atom. The first-order valence-corrected chi connectivity index (χ1v) is 7.97. The number of nitrogens with zero attached hydrogens (tertiary/aromatic N) is 4. The van der Waals surface area contributed by atoms with Crippen LogP contribution in [0.25, 0.3) is 0 Å². The van der Waals surface area contributed by atoms with Crippen molar-refractivity contribution in [3.63, 3.8) is 0 Å². The lowest BCUT2D eigenvalue weighted by atomic mass is 10.1. The molecule has 0 aliphatic heterocycles. The summed E-state index contributed by atoms with van der Waals surface area (Å²) >= 11 is 0. The fourth-order valence-corrected chi connectivity index (χ4v) is 2.51. The number of nitro groups is 1. The van der Waals surface area contributed by atoms with Crippen molar-refractivity contribution >= 4 is 11.6 Å². The second-order valence-electron chi connectivity index (χ2n) is 5.61. The molecule has 0 saturated heterocycles. The number of non-ortho nitro benzene ring substituents is 1. The number of hydrogen-bond acceptors (Lipinski definition) is 5. The standard InChI is InChI=1S/C19H16N4O3/c24-19(15-6-5-9-18(12-15)23(25)26)22(13-16-7-1-3-10-20-16)14-17-8-2-4-11-21-17/h1-12H,13-14H2. The molecule has 0 aliphatic carbocycles. The minimum atomic E-state index is -0.515. The van der Waals surface area contributed by atoms with Crippen LogP contribution in [-0.2, 0) is 13.1 Å². The highest BCUT2D eigenvalue weighted by Crippen LogP contribution is 2.17. The van der Waals surface area contributed by atoms with Gasteiger partial charge < -0.3 is 4.90 Å². The molecule has 3 aromatic rings. The molecule has 0 bridgehead atoms. The summed E-state index contributed by atoms with van der Waals surface area (Å²) in [6.45, 7) is 0.553. The van der Waals surface area contributed by atoms with E-state index in [9.17, 15) is 14.9 Å². The van der Waals surface area contributed by atoms with Crippen LogP contribution in [0.15, 0.2) is 73.1 Å². The fourth-order valence-electron chi connectivity index (χ4n) is 2.51. The number of carbonyl (C=O) groups excluding carboxylic acids is 1. The summed E-state index contributed by atoms with van der Waals surface area (Å²) in [6, 6.07) is 16.7. The molecule has 0 aliphatic rings. The van der Waals surface area contributed by atoms with E-state index in [1.54, 1.807) is 35.5 Å². The van der Waals surface area contributed by atoms with Crippen molar-refractivity contribution in [3.8, 4) is 0 Å².